The minimum atomic E-state index is 0.0327. The normalized spacial score (nSPS) is 41.3. The van der Waals surface area contributed by atoms with Gasteiger partial charge in [0.1, 0.15) is 5.78 Å². The number of nitrogens with one attached hydrogen (secondary N) is 1. The van der Waals surface area contributed by atoms with Crippen LogP contribution in [0.2, 0.25) is 0 Å². The second kappa shape index (κ2) is 4.37. The van der Waals surface area contributed by atoms with Crippen LogP contribution in [0.5, 0.6) is 0 Å². The fourth-order valence-corrected chi connectivity index (χ4v) is 6.62. The van der Waals surface area contributed by atoms with Gasteiger partial charge < -0.3 is 5.32 Å². The van der Waals surface area contributed by atoms with Crippen molar-refractivity contribution >= 4 is 11.5 Å². The molecule has 0 spiro atoms. The summed E-state index contributed by atoms with van der Waals surface area (Å²) in [6.45, 7) is 2.98. The third-order valence-electron chi connectivity index (χ3n) is 7.05. The molecule has 1 heterocycles. The number of aryl methyl sites for hydroxylation is 1. The summed E-state index contributed by atoms with van der Waals surface area (Å²) in [6.07, 6.45) is 7.79. The number of carbonyl (C=O) groups excluding carboxylic acids is 1. The molecule has 1 unspecified atom stereocenters. The Balaban J connectivity index is 1.52. The molecule has 4 fully saturated rings. The van der Waals surface area contributed by atoms with E-state index in [1.807, 2.05) is 0 Å². The highest BCUT2D eigenvalue weighted by molar-refractivity contribution is 5.95. The van der Waals surface area contributed by atoms with Crippen molar-refractivity contribution in [3.63, 3.8) is 0 Å². The molecule has 0 aromatic heterocycles. The van der Waals surface area contributed by atoms with Gasteiger partial charge in [-0.05, 0) is 80.4 Å². The maximum absolute atomic E-state index is 13.6. The van der Waals surface area contributed by atoms with Crippen LogP contribution in [0, 0.1) is 30.1 Å². The van der Waals surface area contributed by atoms with E-state index in [-0.39, 0.29) is 11.3 Å². The first kappa shape index (κ1) is 13.2. The largest absolute Gasteiger partial charge is 0.384 e. The van der Waals surface area contributed by atoms with Gasteiger partial charge in [0.25, 0.3) is 0 Å². The summed E-state index contributed by atoms with van der Waals surface area (Å²) in [5.41, 5.74) is 3.81. The lowest BCUT2D eigenvalue weighted by atomic mass is 9.47. The molecule has 116 valence electrons. The van der Waals surface area contributed by atoms with Crippen molar-refractivity contribution in [3.05, 3.63) is 29.3 Å². The van der Waals surface area contributed by atoms with Gasteiger partial charge >= 0.3 is 0 Å². The first-order valence-electron chi connectivity index (χ1n) is 9.02. The van der Waals surface area contributed by atoms with Crippen LogP contribution in [0.15, 0.2) is 18.2 Å². The quantitative estimate of drug-likeness (QED) is 0.882. The summed E-state index contributed by atoms with van der Waals surface area (Å²) in [7, 11) is 0. The lowest BCUT2D eigenvalue weighted by molar-refractivity contribution is -0.145. The minimum absolute atomic E-state index is 0.0327. The van der Waals surface area contributed by atoms with Gasteiger partial charge in [-0.15, -0.1) is 0 Å². The van der Waals surface area contributed by atoms with Crippen LogP contribution in [0.25, 0.3) is 0 Å². The highest BCUT2D eigenvalue weighted by atomic mass is 16.1. The number of anilines is 1. The summed E-state index contributed by atoms with van der Waals surface area (Å²) in [5.74, 6) is 3.22. The van der Waals surface area contributed by atoms with Crippen LogP contribution in [0.1, 0.15) is 55.6 Å². The van der Waals surface area contributed by atoms with Crippen molar-refractivity contribution in [2.75, 3.05) is 11.9 Å². The number of hydrogen-bond acceptors (Lipinski definition) is 2. The third kappa shape index (κ3) is 1.70. The zero-order valence-electron chi connectivity index (χ0n) is 13.4. The molecule has 22 heavy (non-hydrogen) atoms. The Morgan fingerprint density at radius 1 is 1.09 bits per heavy atom. The maximum atomic E-state index is 13.6. The van der Waals surface area contributed by atoms with Gasteiger partial charge in [-0.2, -0.15) is 0 Å². The molecule has 1 aliphatic heterocycles. The van der Waals surface area contributed by atoms with Crippen molar-refractivity contribution in [1.29, 1.82) is 0 Å². The number of fused-ring (bicyclic) bond motifs is 1. The van der Waals surface area contributed by atoms with E-state index in [9.17, 15) is 4.79 Å². The summed E-state index contributed by atoms with van der Waals surface area (Å²) >= 11 is 0. The Labute approximate surface area is 132 Å². The molecule has 6 rings (SSSR count). The summed E-state index contributed by atoms with van der Waals surface area (Å²) in [4.78, 5) is 13.6. The predicted octanol–water partition coefficient (Wildman–Crippen LogP) is 4.29. The zero-order valence-corrected chi connectivity index (χ0v) is 13.4. The number of hydrogen-bond donors (Lipinski definition) is 1. The van der Waals surface area contributed by atoms with Crippen molar-refractivity contribution in [3.8, 4) is 0 Å². The predicted molar refractivity (Wildman–Crippen MR) is 88.0 cm³/mol. The fraction of sp³-hybridized carbons (Fsp3) is 0.650. The number of carbonyl (C=O) groups is 1. The average Bonchev–Trinajstić information content (AvgIpc) is 2.90. The molecule has 0 saturated heterocycles. The van der Waals surface area contributed by atoms with Crippen LogP contribution in [-0.2, 0) is 4.79 Å². The van der Waals surface area contributed by atoms with Gasteiger partial charge in [0.2, 0.25) is 0 Å². The number of ketones is 1. The molecule has 1 aromatic carbocycles. The first-order chi connectivity index (χ1) is 10.6. The van der Waals surface area contributed by atoms with E-state index >= 15 is 0 Å². The zero-order chi connectivity index (χ0) is 14.9. The molecule has 2 nitrogen and oxygen atoms in total. The Kier molecular flexibility index (Phi) is 2.61. The maximum Gasteiger partial charge on any atom is 0.148 e. The molecule has 4 bridgehead atoms. The first-order valence-corrected chi connectivity index (χ1v) is 9.02. The molecule has 0 radical (unpaired) electrons. The minimum Gasteiger partial charge on any atom is -0.384 e. The lowest BCUT2D eigenvalue weighted by Crippen LogP contribution is -2.51. The molecule has 4 aliphatic carbocycles. The van der Waals surface area contributed by atoms with Crippen molar-refractivity contribution < 1.29 is 4.79 Å². The summed E-state index contributed by atoms with van der Waals surface area (Å²) in [5, 5.41) is 3.48. The van der Waals surface area contributed by atoms with E-state index in [1.165, 1.54) is 55.3 Å². The second-order valence-electron chi connectivity index (χ2n) is 8.53. The highest BCUT2D eigenvalue weighted by Crippen LogP contribution is 2.61. The number of rotatable bonds is 2. The van der Waals surface area contributed by atoms with E-state index in [0.717, 1.165) is 24.3 Å². The van der Waals surface area contributed by atoms with Crippen molar-refractivity contribution in [1.82, 2.24) is 0 Å². The molecular formula is C20H25NO. The van der Waals surface area contributed by atoms with Crippen molar-refractivity contribution in [2.45, 2.75) is 51.4 Å². The molecule has 1 aromatic rings. The molecule has 1 atom stereocenters. The molecular weight excluding hydrogens is 270 g/mol. The Morgan fingerprint density at radius 2 is 1.73 bits per heavy atom. The van der Waals surface area contributed by atoms with Crippen LogP contribution in [-0.4, -0.2) is 12.3 Å². The van der Waals surface area contributed by atoms with Gasteiger partial charge in [0.15, 0.2) is 0 Å². The molecule has 4 saturated carbocycles. The molecule has 2 heteroatoms. The Bertz CT molecular complexity index is 612. The average molecular weight is 295 g/mol. The molecule has 5 aliphatic rings. The van der Waals surface area contributed by atoms with Crippen LogP contribution < -0.4 is 5.32 Å². The number of benzene rings is 1. The molecule has 1 N–H and O–H groups in total. The van der Waals surface area contributed by atoms with Gasteiger partial charge in [-0.3, -0.25) is 4.79 Å². The SMILES string of the molecule is Cc1cccc2c1C(C(=O)C13CC4CC(CC(C4)C1)C3)CN2. The monoisotopic (exact) mass is 295 g/mol. The fourth-order valence-electron chi connectivity index (χ4n) is 6.62. The Hall–Kier alpha value is -1.31. The second-order valence-corrected chi connectivity index (χ2v) is 8.53. The van der Waals surface area contributed by atoms with Crippen LogP contribution >= 0.6 is 0 Å². The van der Waals surface area contributed by atoms with Crippen molar-refractivity contribution in [2.24, 2.45) is 23.2 Å². The van der Waals surface area contributed by atoms with Gasteiger partial charge in [-0.25, -0.2) is 0 Å². The number of Topliss-reactive ketones (excluding diaryl/α,β-unsaturated/α-hetero) is 1. The molecule has 0 amide bonds. The summed E-state index contributed by atoms with van der Waals surface area (Å²) < 4.78 is 0. The van der Waals surface area contributed by atoms with Gasteiger partial charge in [0, 0.05) is 17.6 Å². The van der Waals surface area contributed by atoms with E-state index in [2.05, 4.69) is 30.4 Å². The van der Waals surface area contributed by atoms with Gasteiger partial charge in [0.05, 0.1) is 5.92 Å². The van der Waals surface area contributed by atoms with E-state index < -0.39 is 0 Å². The van der Waals surface area contributed by atoms with Crippen LogP contribution in [0.4, 0.5) is 5.69 Å². The highest BCUT2D eigenvalue weighted by Gasteiger charge is 2.56. The summed E-state index contributed by atoms with van der Waals surface area (Å²) in [6, 6.07) is 6.39. The van der Waals surface area contributed by atoms with Gasteiger partial charge in [-0.1, -0.05) is 12.1 Å². The third-order valence-corrected chi connectivity index (χ3v) is 7.05. The lowest BCUT2D eigenvalue weighted by Gasteiger charge is -2.56. The topological polar surface area (TPSA) is 29.1 Å². The van der Waals surface area contributed by atoms with E-state index in [4.69, 9.17) is 0 Å². The Morgan fingerprint density at radius 3 is 2.36 bits per heavy atom. The standard InChI is InChI=1S/C20H25NO/c1-12-3-2-4-17-18(12)16(11-21-17)19(22)20-8-13-5-14(9-20)7-15(6-13)10-20/h2-4,13-16,21H,5-11H2,1H3. The smallest absolute Gasteiger partial charge is 0.148 e. The van der Waals surface area contributed by atoms with E-state index in [1.54, 1.807) is 0 Å². The van der Waals surface area contributed by atoms with E-state index in [0.29, 0.717) is 5.78 Å². The van der Waals surface area contributed by atoms with Crippen LogP contribution in [0.3, 0.4) is 0 Å².